The first-order chi connectivity index (χ1) is 5.33. The topological polar surface area (TPSA) is 18.5 Å². The first-order valence-electron chi connectivity index (χ1n) is 3.98. The van der Waals surface area contributed by atoms with Crippen LogP contribution in [0.15, 0.2) is 10.6 Å². The smallest absolute Gasteiger partial charge is 0.201 e. The summed E-state index contributed by atoms with van der Waals surface area (Å²) < 4.78 is 12.2. The minimum Gasteiger partial charge on any atom is -0.343 e. The molecule has 2 rings (SSSR count). The van der Waals surface area contributed by atoms with E-state index in [2.05, 4.69) is 22.0 Å². The Morgan fingerprint density at radius 2 is 2.09 bits per heavy atom. The molecule has 2 nitrogen and oxygen atoms in total. The third-order valence-electron chi connectivity index (χ3n) is 2.15. The van der Waals surface area contributed by atoms with Crippen molar-refractivity contribution in [3.05, 3.63) is 10.6 Å². The van der Waals surface area contributed by atoms with Gasteiger partial charge in [0, 0.05) is 10.9 Å². The zero-order chi connectivity index (χ0) is 7.73. The van der Waals surface area contributed by atoms with Crippen molar-refractivity contribution in [1.82, 2.24) is 0 Å². The first kappa shape index (κ1) is 7.77. The lowest BCUT2D eigenvalue weighted by Gasteiger charge is -2.29. The summed E-state index contributed by atoms with van der Waals surface area (Å²) in [5.41, 5.74) is 0. The molecule has 0 bridgehead atoms. The zero-order valence-electron chi connectivity index (χ0n) is 6.31. The number of allylic oxidation sites excluding steroid dienone is 1. The van der Waals surface area contributed by atoms with Gasteiger partial charge in [0.2, 0.25) is 5.79 Å². The van der Waals surface area contributed by atoms with Crippen molar-refractivity contribution in [1.29, 1.82) is 0 Å². The van der Waals surface area contributed by atoms with Gasteiger partial charge in [-0.25, -0.2) is 0 Å². The third kappa shape index (κ3) is 1.25. The summed E-state index contributed by atoms with van der Waals surface area (Å²) >= 11 is 3.48. The SMILES string of the molecule is BrC1=CCCCC12OCCO2. The predicted octanol–water partition coefficient (Wildman–Crippen LogP) is 2.19. The van der Waals surface area contributed by atoms with E-state index in [9.17, 15) is 0 Å². The highest BCUT2D eigenvalue weighted by Crippen LogP contribution is 2.39. The van der Waals surface area contributed by atoms with E-state index in [0.29, 0.717) is 0 Å². The Balaban J connectivity index is 2.21. The van der Waals surface area contributed by atoms with Crippen LogP contribution in [-0.2, 0) is 9.47 Å². The second-order valence-electron chi connectivity index (χ2n) is 2.89. The van der Waals surface area contributed by atoms with Gasteiger partial charge in [-0.05, 0) is 12.8 Å². The van der Waals surface area contributed by atoms with Crippen molar-refractivity contribution in [2.45, 2.75) is 25.0 Å². The van der Waals surface area contributed by atoms with Gasteiger partial charge in [0.15, 0.2) is 0 Å². The first-order valence-corrected chi connectivity index (χ1v) is 4.77. The molecule has 0 N–H and O–H groups in total. The molecular weight excluding hydrogens is 208 g/mol. The fourth-order valence-electron chi connectivity index (χ4n) is 1.58. The summed E-state index contributed by atoms with van der Waals surface area (Å²) in [6, 6.07) is 0. The Labute approximate surface area is 74.7 Å². The van der Waals surface area contributed by atoms with Crippen molar-refractivity contribution in [2.75, 3.05) is 13.2 Å². The minimum atomic E-state index is -0.391. The van der Waals surface area contributed by atoms with Gasteiger partial charge in [-0.15, -0.1) is 0 Å². The molecule has 1 saturated heterocycles. The molecule has 1 aliphatic carbocycles. The molecule has 1 fully saturated rings. The van der Waals surface area contributed by atoms with E-state index in [-0.39, 0.29) is 0 Å². The van der Waals surface area contributed by atoms with Crippen LogP contribution in [0.5, 0.6) is 0 Å². The molecule has 1 spiro atoms. The summed E-state index contributed by atoms with van der Waals surface area (Å²) in [6.45, 7) is 1.45. The van der Waals surface area contributed by atoms with Gasteiger partial charge in [0.05, 0.1) is 13.2 Å². The summed E-state index contributed by atoms with van der Waals surface area (Å²) in [5, 5.41) is 0. The van der Waals surface area contributed by atoms with Crippen LogP contribution in [0.3, 0.4) is 0 Å². The van der Waals surface area contributed by atoms with Gasteiger partial charge in [-0.1, -0.05) is 22.0 Å². The molecule has 1 heterocycles. The fraction of sp³-hybridized carbons (Fsp3) is 0.750. The normalized spacial score (nSPS) is 29.0. The zero-order valence-corrected chi connectivity index (χ0v) is 7.89. The quantitative estimate of drug-likeness (QED) is 0.621. The van der Waals surface area contributed by atoms with E-state index < -0.39 is 5.79 Å². The molecule has 0 aromatic carbocycles. The standard InChI is InChI=1S/C8H11BrO2/c9-7-3-1-2-4-8(7)10-5-6-11-8/h3H,1-2,4-6H2. The molecule has 0 aromatic heterocycles. The van der Waals surface area contributed by atoms with Crippen molar-refractivity contribution in [2.24, 2.45) is 0 Å². The third-order valence-corrected chi connectivity index (χ3v) is 3.08. The van der Waals surface area contributed by atoms with E-state index in [1.807, 2.05) is 0 Å². The molecule has 0 radical (unpaired) electrons. The second kappa shape index (κ2) is 2.88. The van der Waals surface area contributed by atoms with Crippen LogP contribution in [0, 0.1) is 0 Å². The summed E-state index contributed by atoms with van der Waals surface area (Å²) in [7, 11) is 0. The highest BCUT2D eigenvalue weighted by molar-refractivity contribution is 9.11. The molecule has 62 valence electrons. The minimum absolute atomic E-state index is 0.391. The van der Waals surface area contributed by atoms with Crippen molar-refractivity contribution >= 4 is 15.9 Å². The Kier molecular flexibility index (Phi) is 2.04. The lowest BCUT2D eigenvalue weighted by Crippen LogP contribution is -2.32. The summed E-state index contributed by atoms with van der Waals surface area (Å²) in [6.07, 6.45) is 5.43. The largest absolute Gasteiger partial charge is 0.343 e. The molecular formula is C8H11BrO2. The lowest BCUT2D eigenvalue weighted by molar-refractivity contribution is -0.127. The van der Waals surface area contributed by atoms with Crippen LogP contribution >= 0.6 is 15.9 Å². The van der Waals surface area contributed by atoms with Crippen LogP contribution in [0.25, 0.3) is 0 Å². The number of hydrogen-bond acceptors (Lipinski definition) is 2. The molecule has 0 unspecified atom stereocenters. The average molecular weight is 219 g/mol. The molecule has 3 heteroatoms. The Morgan fingerprint density at radius 1 is 1.36 bits per heavy atom. The summed E-state index contributed by atoms with van der Waals surface area (Å²) in [4.78, 5) is 0. The highest BCUT2D eigenvalue weighted by Gasteiger charge is 2.40. The van der Waals surface area contributed by atoms with E-state index in [4.69, 9.17) is 9.47 Å². The van der Waals surface area contributed by atoms with Gasteiger partial charge < -0.3 is 9.47 Å². The van der Waals surface area contributed by atoms with Crippen LogP contribution in [-0.4, -0.2) is 19.0 Å². The van der Waals surface area contributed by atoms with Crippen molar-refractivity contribution in [3.8, 4) is 0 Å². The van der Waals surface area contributed by atoms with E-state index in [0.717, 1.165) is 37.0 Å². The van der Waals surface area contributed by atoms with Gasteiger partial charge in [0.25, 0.3) is 0 Å². The lowest BCUT2D eigenvalue weighted by atomic mass is 10.0. The van der Waals surface area contributed by atoms with Crippen LogP contribution < -0.4 is 0 Å². The Morgan fingerprint density at radius 3 is 2.73 bits per heavy atom. The van der Waals surface area contributed by atoms with E-state index in [1.165, 1.54) is 0 Å². The number of hydrogen-bond donors (Lipinski definition) is 0. The molecule has 0 aromatic rings. The molecule has 0 saturated carbocycles. The maximum atomic E-state index is 5.56. The van der Waals surface area contributed by atoms with Gasteiger partial charge >= 0.3 is 0 Å². The Hall–Kier alpha value is 0.140. The van der Waals surface area contributed by atoms with Gasteiger partial charge in [0.1, 0.15) is 0 Å². The average Bonchev–Trinajstić information content (AvgIpc) is 2.46. The van der Waals surface area contributed by atoms with Gasteiger partial charge in [-0.2, -0.15) is 0 Å². The number of rotatable bonds is 0. The Bertz CT molecular complexity index is 183. The molecule has 0 amide bonds. The van der Waals surface area contributed by atoms with E-state index >= 15 is 0 Å². The van der Waals surface area contributed by atoms with Crippen LogP contribution in [0.1, 0.15) is 19.3 Å². The molecule has 0 atom stereocenters. The highest BCUT2D eigenvalue weighted by atomic mass is 79.9. The molecule has 11 heavy (non-hydrogen) atoms. The van der Waals surface area contributed by atoms with Crippen LogP contribution in [0.2, 0.25) is 0 Å². The maximum absolute atomic E-state index is 5.56. The van der Waals surface area contributed by atoms with Crippen molar-refractivity contribution < 1.29 is 9.47 Å². The molecule has 1 aliphatic heterocycles. The van der Waals surface area contributed by atoms with E-state index in [1.54, 1.807) is 0 Å². The second-order valence-corrected chi connectivity index (χ2v) is 3.75. The van der Waals surface area contributed by atoms with Gasteiger partial charge in [-0.3, -0.25) is 0 Å². The summed E-state index contributed by atoms with van der Waals surface area (Å²) in [5.74, 6) is -0.391. The van der Waals surface area contributed by atoms with Crippen molar-refractivity contribution in [3.63, 3.8) is 0 Å². The number of ether oxygens (including phenoxy) is 2. The fourth-order valence-corrected chi connectivity index (χ4v) is 2.23. The monoisotopic (exact) mass is 218 g/mol. The maximum Gasteiger partial charge on any atom is 0.201 e. The number of halogens is 1. The van der Waals surface area contributed by atoms with Crippen LogP contribution in [0.4, 0.5) is 0 Å². The molecule has 2 aliphatic rings. The predicted molar refractivity (Wildman–Crippen MR) is 45.5 cm³/mol.